The number of hydrogen-bond donors (Lipinski definition) is 0. The predicted octanol–water partition coefficient (Wildman–Crippen LogP) is 3.29. The quantitative estimate of drug-likeness (QED) is 0.524. The average Bonchev–Trinajstić information content (AvgIpc) is 2.61. The van der Waals surface area contributed by atoms with E-state index in [0.717, 1.165) is 4.68 Å². The summed E-state index contributed by atoms with van der Waals surface area (Å²) in [6.45, 7) is 1.62. The lowest BCUT2D eigenvalue weighted by atomic mass is 10.3. The number of halogens is 1. The molecule has 9 heteroatoms. The van der Waals surface area contributed by atoms with E-state index in [1.807, 2.05) is 0 Å². The van der Waals surface area contributed by atoms with E-state index >= 15 is 0 Å². The fourth-order valence-electron chi connectivity index (χ4n) is 2.10. The molecular weight excluding hydrogens is 348 g/mol. The minimum Gasteiger partial charge on any atom is -0.445 e. The zero-order chi connectivity index (χ0) is 18.0. The Balaban J connectivity index is 2.02. The van der Waals surface area contributed by atoms with Crippen molar-refractivity contribution in [1.82, 2.24) is 14.8 Å². The molecule has 0 N–H and O–H groups in total. The highest BCUT2D eigenvalue weighted by Gasteiger charge is 2.21. The number of rotatable bonds is 4. The lowest BCUT2D eigenvalue weighted by Gasteiger charge is -2.09. The first-order chi connectivity index (χ1) is 12.0. The third kappa shape index (κ3) is 3.33. The summed E-state index contributed by atoms with van der Waals surface area (Å²) < 4.78 is 6.52. The van der Waals surface area contributed by atoms with Gasteiger partial charge in [-0.15, -0.1) is 0 Å². The van der Waals surface area contributed by atoms with Gasteiger partial charge < -0.3 is 14.9 Å². The Kier molecular flexibility index (Phi) is 4.44. The highest BCUT2D eigenvalue weighted by atomic mass is 35.5. The second-order valence-corrected chi connectivity index (χ2v) is 5.39. The smallest absolute Gasteiger partial charge is 0.407 e. The van der Waals surface area contributed by atoms with Gasteiger partial charge in [0.25, 0.3) is 5.56 Å². The largest absolute Gasteiger partial charge is 0.445 e. The Hall–Kier alpha value is -3.26. The fourth-order valence-corrected chi connectivity index (χ4v) is 2.27. The molecule has 0 aliphatic carbocycles. The second kappa shape index (κ2) is 6.70. The van der Waals surface area contributed by atoms with Crippen molar-refractivity contribution in [3.05, 3.63) is 79.8 Å². The molecule has 8 nitrogen and oxygen atoms in total. The first-order valence-electron chi connectivity index (χ1n) is 7.10. The van der Waals surface area contributed by atoms with Crippen molar-refractivity contribution >= 4 is 17.4 Å². The minimum absolute atomic E-state index is 0.0902. The summed E-state index contributed by atoms with van der Waals surface area (Å²) in [6, 6.07) is 11.6. The summed E-state index contributed by atoms with van der Waals surface area (Å²) in [5.74, 6) is -0.688. The van der Waals surface area contributed by atoms with Crippen molar-refractivity contribution in [2.45, 2.75) is 6.92 Å². The summed E-state index contributed by atoms with van der Waals surface area (Å²) >= 11 is 6.07. The van der Waals surface area contributed by atoms with Crippen LogP contribution >= 0.6 is 11.6 Å². The maximum atomic E-state index is 12.4. The SMILES string of the molecule is Cc1ccc(Oc2cnn(-c3ccccc3)c(=O)c2Cl)c([N+](=O)[O-])n1. The molecule has 0 aliphatic rings. The van der Waals surface area contributed by atoms with Crippen molar-refractivity contribution < 1.29 is 9.66 Å². The van der Waals surface area contributed by atoms with E-state index in [9.17, 15) is 14.9 Å². The molecule has 126 valence electrons. The Morgan fingerprint density at radius 2 is 1.88 bits per heavy atom. The minimum atomic E-state index is -0.672. The van der Waals surface area contributed by atoms with Gasteiger partial charge in [0.15, 0.2) is 10.8 Å². The van der Waals surface area contributed by atoms with Gasteiger partial charge >= 0.3 is 5.82 Å². The van der Waals surface area contributed by atoms with Gasteiger partial charge in [-0.3, -0.25) is 4.79 Å². The van der Waals surface area contributed by atoms with Crippen LogP contribution in [-0.2, 0) is 0 Å². The van der Waals surface area contributed by atoms with E-state index in [1.54, 1.807) is 43.3 Å². The van der Waals surface area contributed by atoms with Crippen LogP contribution in [0.1, 0.15) is 5.69 Å². The molecule has 0 fully saturated rings. The molecule has 0 atom stereocenters. The maximum Gasteiger partial charge on any atom is 0.407 e. The van der Waals surface area contributed by atoms with Gasteiger partial charge in [0.2, 0.25) is 5.75 Å². The number of aryl methyl sites for hydroxylation is 1. The molecule has 3 aromatic rings. The Morgan fingerprint density at radius 3 is 2.56 bits per heavy atom. The normalized spacial score (nSPS) is 10.5. The zero-order valence-electron chi connectivity index (χ0n) is 12.9. The van der Waals surface area contributed by atoms with Crippen molar-refractivity contribution in [1.29, 1.82) is 0 Å². The molecule has 0 saturated carbocycles. The number of nitrogens with zero attached hydrogens (tertiary/aromatic N) is 4. The highest BCUT2D eigenvalue weighted by molar-refractivity contribution is 6.31. The van der Waals surface area contributed by atoms with Crippen molar-refractivity contribution in [2.75, 3.05) is 0 Å². The van der Waals surface area contributed by atoms with Gasteiger partial charge in [-0.25, -0.2) is 0 Å². The number of benzene rings is 1. The molecule has 2 aromatic heterocycles. The van der Waals surface area contributed by atoms with Gasteiger partial charge in [0, 0.05) is 6.92 Å². The summed E-state index contributed by atoms with van der Waals surface area (Å²) in [6.07, 6.45) is 1.22. The van der Waals surface area contributed by atoms with E-state index in [-0.39, 0.29) is 16.5 Å². The van der Waals surface area contributed by atoms with Crippen LogP contribution in [0.2, 0.25) is 5.02 Å². The van der Waals surface area contributed by atoms with Gasteiger partial charge in [0.1, 0.15) is 5.69 Å². The first kappa shape index (κ1) is 16.6. The molecule has 0 bridgehead atoms. The summed E-state index contributed by atoms with van der Waals surface area (Å²) in [5.41, 5.74) is 0.389. The van der Waals surface area contributed by atoms with Crippen LogP contribution in [0.5, 0.6) is 11.5 Å². The van der Waals surface area contributed by atoms with E-state index < -0.39 is 16.3 Å². The van der Waals surface area contributed by atoms with Crippen LogP contribution in [-0.4, -0.2) is 19.7 Å². The van der Waals surface area contributed by atoms with Crippen LogP contribution < -0.4 is 10.3 Å². The van der Waals surface area contributed by atoms with Crippen molar-refractivity contribution in [3.8, 4) is 17.2 Å². The molecule has 0 unspecified atom stereocenters. The summed E-state index contributed by atoms with van der Waals surface area (Å²) in [5, 5.41) is 14.9. The van der Waals surface area contributed by atoms with Crippen molar-refractivity contribution in [3.63, 3.8) is 0 Å². The fraction of sp³-hybridized carbons (Fsp3) is 0.0625. The van der Waals surface area contributed by atoms with E-state index in [2.05, 4.69) is 10.1 Å². The third-order valence-corrected chi connectivity index (χ3v) is 3.61. The molecule has 2 heterocycles. The summed E-state index contributed by atoms with van der Waals surface area (Å²) in [4.78, 5) is 26.6. The van der Waals surface area contributed by atoms with Crippen LogP contribution in [0.15, 0.2) is 53.5 Å². The predicted molar refractivity (Wildman–Crippen MR) is 90.5 cm³/mol. The molecule has 1 aromatic carbocycles. The standard InChI is InChI=1S/C16H11ClN4O4/c1-10-7-8-12(15(19-10)21(23)24)25-13-9-18-20(16(22)14(13)17)11-5-3-2-4-6-11/h2-9H,1H3. The topological polar surface area (TPSA) is 100 Å². The number of para-hydroxylation sites is 1. The highest BCUT2D eigenvalue weighted by Crippen LogP contribution is 2.32. The van der Waals surface area contributed by atoms with Gasteiger partial charge in [0.05, 0.1) is 11.9 Å². The van der Waals surface area contributed by atoms with Crippen LogP contribution in [0.4, 0.5) is 5.82 Å². The number of ether oxygens (including phenoxy) is 1. The number of pyridine rings is 1. The lowest BCUT2D eigenvalue weighted by molar-refractivity contribution is -0.390. The molecule has 3 rings (SSSR count). The molecule has 0 saturated heterocycles. The molecule has 0 aliphatic heterocycles. The average molecular weight is 359 g/mol. The lowest BCUT2D eigenvalue weighted by Crippen LogP contribution is -2.21. The van der Waals surface area contributed by atoms with E-state index in [4.69, 9.17) is 16.3 Å². The Labute approximate surface area is 146 Å². The number of nitro groups is 1. The van der Waals surface area contributed by atoms with Crippen molar-refractivity contribution in [2.24, 2.45) is 0 Å². The molecule has 25 heavy (non-hydrogen) atoms. The summed E-state index contributed by atoms with van der Waals surface area (Å²) in [7, 11) is 0. The third-order valence-electron chi connectivity index (χ3n) is 3.26. The van der Waals surface area contributed by atoms with E-state index in [0.29, 0.717) is 11.4 Å². The maximum absolute atomic E-state index is 12.4. The zero-order valence-corrected chi connectivity index (χ0v) is 13.7. The number of hydrogen-bond acceptors (Lipinski definition) is 6. The van der Waals surface area contributed by atoms with Gasteiger partial charge in [-0.05, 0) is 34.2 Å². The van der Waals surface area contributed by atoms with Crippen LogP contribution in [0.25, 0.3) is 5.69 Å². The monoisotopic (exact) mass is 358 g/mol. The second-order valence-electron chi connectivity index (χ2n) is 5.01. The number of aromatic nitrogens is 3. The van der Waals surface area contributed by atoms with Gasteiger partial charge in [-0.2, -0.15) is 9.78 Å². The Bertz CT molecular complexity index is 1000. The van der Waals surface area contributed by atoms with Gasteiger partial charge in [-0.1, -0.05) is 29.8 Å². The molecule has 0 spiro atoms. The van der Waals surface area contributed by atoms with E-state index in [1.165, 1.54) is 12.3 Å². The van der Waals surface area contributed by atoms with Crippen LogP contribution in [0, 0.1) is 17.0 Å². The molecular formula is C16H11ClN4O4. The Morgan fingerprint density at radius 1 is 1.16 bits per heavy atom. The molecule has 0 amide bonds. The first-order valence-corrected chi connectivity index (χ1v) is 7.48. The van der Waals surface area contributed by atoms with Crippen LogP contribution in [0.3, 0.4) is 0 Å². The molecule has 0 radical (unpaired) electrons.